The van der Waals surface area contributed by atoms with Crippen molar-refractivity contribution in [3.8, 4) is 5.75 Å². The average Bonchev–Trinajstić information content (AvgIpc) is 2.47. The summed E-state index contributed by atoms with van der Waals surface area (Å²) >= 11 is 0. The minimum absolute atomic E-state index is 0.574. The summed E-state index contributed by atoms with van der Waals surface area (Å²) < 4.78 is 5.71. The van der Waals surface area contributed by atoms with E-state index in [-0.39, 0.29) is 0 Å². The summed E-state index contributed by atoms with van der Waals surface area (Å²) in [5, 5.41) is 2.36. The van der Waals surface area contributed by atoms with E-state index < -0.39 is 0 Å². The van der Waals surface area contributed by atoms with E-state index >= 15 is 0 Å². The van der Waals surface area contributed by atoms with Crippen LogP contribution >= 0.6 is 0 Å². The smallest absolute Gasteiger partial charge is 0.122 e. The van der Waals surface area contributed by atoms with Crippen LogP contribution in [0.1, 0.15) is 17.9 Å². The number of hydrogen-bond acceptors (Lipinski definition) is 4. The molecule has 0 amide bonds. The first-order chi connectivity index (χ1) is 9.33. The van der Waals surface area contributed by atoms with Gasteiger partial charge in [0.15, 0.2) is 0 Å². The number of ether oxygens (including phenoxy) is 1. The van der Waals surface area contributed by atoms with Gasteiger partial charge in [-0.3, -0.25) is 5.43 Å². The highest BCUT2D eigenvalue weighted by Crippen LogP contribution is 2.32. The minimum Gasteiger partial charge on any atom is -0.493 e. The zero-order chi connectivity index (χ0) is 13.1. The number of benzene rings is 1. The molecular formula is C15H23N3O. The third kappa shape index (κ3) is 3.08. The lowest BCUT2D eigenvalue weighted by molar-refractivity contribution is 0.0992. The number of fused-ring (bicyclic) bond motifs is 1. The van der Waals surface area contributed by atoms with Crippen molar-refractivity contribution in [2.45, 2.75) is 12.3 Å². The number of rotatable bonds is 3. The van der Waals surface area contributed by atoms with Gasteiger partial charge in [0.2, 0.25) is 0 Å². The number of piperazine rings is 1. The fraction of sp³-hybridized carbons (Fsp3) is 0.600. The molecule has 1 aromatic rings. The van der Waals surface area contributed by atoms with Gasteiger partial charge in [0.05, 0.1) is 6.61 Å². The molecule has 1 unspecified atom stereocenters. The summed E-state index contributed by atoms with van der Waals surface area (Å²) in [6.45, 7) is 6.38. The second kappa shape index (κ2) is 5.90. The van der Waals surface area contributed by atoms with Gasteiger partial charge in [0.1, 0.15) is 5.75 Å². The minimum atomic E-state index is 0.574. The predicted octanol–water partition coefficient (Wildman–Crippen LogP) is 1.30. The highest BCUT2D eigenvalue weighted by Gasteiger charge is 2.22. The molecule has 4 heteroatoms. The lowest BCUT2D eigenvalue weighted by Crippen LogP contribution is -2.51. The van der Waals surface area contributed by atoms with Crippen molar-refractivity contribution in [3.63, 3.8) is 0 Å². The first-order valence-corrected chi connectivity index (χ1v) is 7.21. The Morgan fingerprint density at radius 2 is 2.00 bits per heavy atom. The monoisotopic (exact) mass is 261 g/mol. The molecule has 1 fully saturated rings. The molecule has 1 atom stereocenters. The molecule has 19 heavy (non-hydrogen) atoms. The summed E-state index contributed by atoms with van der Waals surface area (Å²) in [5.74, 6) is 1.64. The largest absolute Gasteiger partial charge is 0.493 e. The molecule has 2 aliphatic rings. The van der Waals surface area contributed by atoms with Crippen LogP contribution in [0.15, 0.2) is 24.3 Å². The molecule has 3 rings (SSSR count). The van der Waals surface area contributed by atoms with Gasteiger partial charge in [-0.2, -0.15) is 0 Å². The molecule has 4 nitrogen and oxygen atoms in total. The Bertz CT molecular complexity index is 416. The zero-order valence-electron chi connectivity index (χ0n) is 11.6. The average molecular weight is 261 g/mol. The van der Waals surface area contributed by atoms with Crippen LogP contribution < -0.4 is 10.2 Å². The Labute approximate surface area is 115 Å². The summed E-state index contributed by atoms with van der Waals surface area (Å²) in [6, 6.07) is 8.44. The second-order valence-corrected chi connectivity index (χ2v) is 5.52. The van der Waals surface area contributed by atoms with E-state index in [4.69, 9.17) is 4.74 Å². The first-order valence-electron chi connectivity index (χ1n) is 7.21. The molecule has 0 radical (unpaired) electrons. The molecule has 104 valence electrons. The molecule has 1 aromatic carbocycles. The van der Waals surface area contributed by atoms with Gasteiger partial charge in [-0.1, -0.05) is 18.2 Å². The molecule has 1 saturated heterocycles. The van der Waals surface area contributed by atoms with Gasteiger partial charge >= 0.3 is 0 Å². The number of likely N-dealkylation sites (N-methyl/N-ethyl adjacent to an activating group) is 1. The van der Waals surface area contributed by atoms with E-state index in [1.807, 2.05) is 0 Å². The molecule has 2 heterocycles. The third-order valence-electron chi connectivity index (χ3n) is 4.15. The molecule has 0 aromatic heterocycles. The molecular weight excluding hydrogens is 238 g/mol. The summed E-state index contributed by atoms with van der Waals surface area (Å²) in [4.78, 5) is 2.38. The maximum Gasteiger partial charge on any atom is 0.122 e. The van der Waals surface area contributed by atoms with Crippen molar-refractivity contribution in [1.29, 1.82) is 0 Å². The number of nitrogens with one attached hydrogen (secondary N) is 1. The van der Waals surface area contributed by atoms with Gasteiger partial charge in [-0.05, 0) is 25.1 Å². The van der Waals surface area contributed by atoms with Crippen LogP contribution in [0.25, 0.3) is 0 Å². The molecule has 0 bridgehead atoms. The van der Waals surface area contributed by atoms with E-state index in [9.17, 15) is 0 Å². The molecule has 2 aliphatic heterocycles. The number of hydrogen-bond donors (Lipinski definition) is 1. The Morgan fingerprint density at radius 1 is 1.21 bits per heavy atom. The Balaban J connectivity index is 1.56. The van der Waals surface area contributed by atoms with Crippen LogP contribution in [0.4, 0.5) is 0 Å². The van der Waals surface area contributed by atoms with Crippen molar-refractivity contribution < 1.29 is 4.74 Å². The summed E-state index contributed by atoms with van der Waals surface area (Å²) in [7, 11) is 2.19. The van der Waals surface area contributed by atoms with Crippen molar-refractivity contribution in [2.24, 2.45) is 0 Å². The summed E-state index contributed by atoms with van der Waals surface area (Å²) in [5.41, 5.74) is 4.96. The van der Waals surface area contributed by atoms with Crippen LogP contribution in [0, 0.1) is 0 Å². The van der Waals surface area contributed by atoms with Crippen molar-refractivity contribution in [3.05, 3.63) is 29.8 Å². The van der Waals surface area contributed by atoms with Gasteiger partial charge < -0.3 is 9.64 Å². The third-order valence-corrected chi connectivity index (χ3v) is 4.15. The van der Waals surface area contributed by atoms with E-state index in [1.54, 1.807) is 0 Å². The van der Waals surface area contributed by atoms with Gasteiger partial charge in [0, 0.05) is 38.6 Å². The lowest BCUT2D eigenvalue weighted by atomic mass is 9.93. The quantitative estimate of drug-likeness (QED) is 0.888. The van der Waals surface area contributed by atoms with Crippen LogP contribution in [-0.4, -0.2) is 56.3 Å². The van der Waals surface area contributed by atoms with Crippen molar-refractivity contribution >= 4 is 0 Å². The van der Waals surface area contributed by atoms with Crippen LogP contribution in [0.2, 0.25) is 0 Å². The highest BCUT2D eigenvalue weighted by molar-refractivity contribution is 5.37. The van der Waals surface area contributed by atoms with E-state index in [1.165, 1.54) is 5.56 Å². The Morgan fingerprint density at radius 3 is 2.84 bits per heavy atom. The van der Waals surface area contributed by atoms with E-state index in [0.29, 0.717) is 5.92 Å². The molecule has 0 spiro atoms. The predicted molar refractivity (Wildman–Crippen MR) is 76.4 cm³/mol. The first kappa shape index (κ1) is 12.9. The Kier molecular flexibility index (Phi) is 4.01. The van der Waals surface area contributed by atoms with Crippen molar-refractivity contribution in [2.75, 3.05) is 46.4 Å². The number of hydrazine groups is 1. The fourth-order valence-electron chi connectivity index (χ4n) is 2.83. The van der Waals surface area contributed by atoms with Crippen LogP contribution in [-0.2, 0) is 0 Å². The SMILES string of the molecule is CN1CCN(NCC2CCOc3ccccc32)CC1. The Hall–Kier alpha value is -1.10. The fourth-order valence-corrected chi connectivity index (χ4v) is 2.83. The van der Waals surface area contributed by atoms with Gasteiger partial charge in [0.25, 0.3) is 0 Å². The molecule has 0 saturated carbocycles. The summed E-state index contributed by atoms with van der Waals surface area (Å²) in [6.07, 6.45) is 1.11. The normalized spacial score (nSPS) is 24.8. The number of nitrogens with zero attached hydrogens (tertiary/aromatic N) is 2. The van der Waals surface area contributed by atoms with Gasteiger partial charge in [-0.25, -0.2) is 5.01 Å². The topological polar surface area (TPSA) is 27.7 Å². The number of para-hydroxylation sites is 1. The maximum atomic E-state index is 5.71. The zero-order valence-corrected chi connectivity index (χ0v) is 11.6. The van der Waals surface area contributed by atoms with E-state index in [2.05, 4.69) is 46.6 Å². The van der Waals surface area contributed by atoms with Crippen LogP contribution in [0.5, 0.6) is 5.75 Å². The second-order valence-electron chi connectivity index (χ2n) is 5.52. The van der Waals surface area contributed by atoms with E-state index in [0.717, 1.165) is 51.5 Å². The van der Waals surface area contributed by atoms with Gasteiger partial charge in [-0.15, -0.1) is 0 Å². The van der Waals surface area contributed by atoms with Crippen LogP contribution in [0.3, 0.4) is 0 Å². The lowest BCUT2D eigenvalue weighted by Gasteiger charge is -2.34. The standard InChI is InChI=1S/C15H23N3O/c1-17-7-9-18(10-8-17)16-12-13-6-11-19-15-5-3-2-4-14(13)15/h2-5,13,16H,6-12H2,1H3. The molecule has 1 N–H and O–H groups in total. The molecule has 0 aliphatic carbocycles. The maximum absolute atomic E-state index is 5.71. The highest BCUT2D eigenvalue weighted by atomic mass is 16.5. The van der Waals surface area contributed by atoms with Crippen molar-refractivity contribution in [1.82, 2.24) is 15.3 Å².